The highest BCUT2D eigenvalue weighted by atomic mass is 19.1. The van der Waals surface area contributed by atoms with Crippen LogP contribution >= 0.6 is 0 Å². The number of para-hydroxylation sites is 1. The molecule has 1 unspecified atom stereocenters. The van der Waals surface area contributed by atoms with Gasteiger partial charge in [-0.15, -0.1) is 0 Å². The van der Waals surface area contributed by atoms with Gasteiger partial charge in [-0.1, -0.05) is 31.0 Å². The first-order valence-electron chi connectivity index (χ1n) is 9.81. The molecule has 4 amide bonds. The fourth-order valence-corrected chi connectivity index (χ4v) is 4.13. The number of carbonyl (C=O) groups is 3. The second kappa shape index (κ2) is 8.03. The van der Waals surface area contributed by atoms with E-state index in [1.54, 1.807) is 29.2 Å². The first-order valence-corrected chi connectivity index (χ1v) is 9.81. The molecule has 6 nitrogen and oxygen atoms in total. The molecule has 4 rings (SSSR count). The molecule has 1 heterocycles. The van der Waals surface area contributed by atoms with E-state index in [4.69, 9.17) is 0 Å². The largest absolute Gasteiger partial charge is 0.332 e. The minimum Gasteiger partial charge on any atom is -0.326 e. The number of nitrogens with one attached hydrogen (secondary N) is 1. The van der Waals surface area contributed by atoms with Crippen LogP contribution in [0.4, 0.5) is 20.6 Å². The average Bonchev–Trinajstić information content (AvgIpc) is 3.31. The van der Waals surface area contributed by atoms with Gasteiger partial charge < -0.3 is 10.2 Å². The minimum absolute atomic E-state index is 0.0635. The highest BCUT2D eigenvalue weighted by molar-refractivity contribution is 6.22. The van der Waals surface area contributed by atoms with Gasteiger partial charge in [-0.05, 0) is 49.2 Å². The number of benzene rings is 2. The third-order valence-electron chi connectivity index (χ3n) is 5.49. The fourth-order valence-electron chi connectivity index (χ4n) is 4.13. The molecule has 1 aliphatic carbocycles. The summed E-state index contributed by atoms with van der Waals surface area (Å²) >= 11 is 0. The van der Waals surface area contributed by atoms with Crippen molar-refractivity contribution in [3.63, 3.8) is 0 Å². The number of anilines is 2. The first kappa shape index (κ1) is 19.1. The van der Waals surface area contributed by atoms with Gasteiger partial charge in [-0.25, -0.2) is 14.1 Å². The predicted molar refractivity (Wildman–Crippen MR) is 107 cm³/mol. The Balaban J connectivity index is 1.58. The number of hydrogen-bond acceptors (Lipinski definition) is 3. The molecule has 2 aliphatic rings. The van der Waals surface area contributed by atoms with Gasteiger partial charge in [0.1, 0.15) is 11.9 Å². The monoisotopic (exact) mass is 395 g/mol. The Kier molecular flexibility index (Phi) is 5.29. The lowest BCUT2D eigenvalue weighted by atomic mass is 10.1. The van der Waals surface area contributed by atoms with E-state index >= 15 is 0 Å². The predicted octanol–water partition coefficient (Wildman–Crippen LogP) is 3.93. The Bertz CT molecular complexity index is 911. The van der Waals surface area contributed by atoms with Gasteiger partial charge >= 0.3 is 6.03 Å². The Morgan fingerprint density at radius 2 is 1.66 bits per heavy atom. The number of amides is 4. The number of carbonyl (C=O) groups excluding carboxylic acids is 3. The van der Waals surface area contributed by atoms with Gasteiger partial charge in [0.2, 0.25) is 5.91 Å². The number of nitrogens with zero attached hydrogens (tertiary/aromatic N) is 2. The van der Waals surface area contributed by atoms with E-state index in [0.717, 1.165) is 30.6 Å². The second-order valence-corrected chi connectivity index (χ2v) is 7.41. The Morgan fingerprint density at radius 1 is 1.00 bits per heavy atom. The van der Waals surface area contributed by atoms with Crippen LogP contribution in [0.5, 0.6) is 0 Å². The summed E-state index contributed by atoms with van der Waals surface area (Å²) in [6.45, 7) is 0. The zero-order valence-corrected chi connectivity index (χ0v) is 15.9. The van der Waals surface area contributed by atoms with Gasteiger partial charge in [0.15, 0.2) is 0 Å². The molecule has 2 fully saturated rings. The van der Waals surface area contributed by atoms with Crippen molar-refractivity contribution in [3.05, 3.63) is 60.4 Å². The lowest BCUT2D eigenvalue weighted by Crippen LogP contribution is -2.43. The summed E-state index contributed by atoms with van der Waals surface area (Å²) in [7, 11) is 0. The summed E-state index contributed by atoms with van der Waals surface area (Å²) in [6.07, 6.45) is 3.48. The standard InChI is InChI=1S/C22H22FN3O3/c23-15-10-12-18(13-11-15)26-21(28)19(25(22(26)29)17-8-4-5-9-17)14-20(27)24-16-6-2-1-3-7-16/h1-3,6-7,10-13,17,19H,4-5,8-9,14H2,(H,24,27). The number of halogens is 1. The smallest absolute Gasteiger partial charge is 0.326 e. The molecule has 7 heteroatoms. The van der Waals surface area contributed by atoms with Crippen LogP contribution in [0.3, 0.4) is 0 Å². The Labute approximate surface area is 168 Å². The number of urea groups is 1. The third-order valence-corrected chi connectivity index (χ3v) is 5.49. The van der Waals surface area contributed by atoms with Crippen molar-refractivity contribution in [2.45, 2.75) is 44.2 Å². The maximum atomic E-state index is 13.3. The van der Waals surface area contributed by atoms with Crippen LogP contribution in [-0.4, -0.2) is 34.8 Å². The van der Waals surface area contributed by atoms with E-state index < -0.39 is 23.8 Å². The molecule has 150 valence electrons. The summed E-state index contributed by atoms with van der Waals surface area (Å²) in [4.78, 5) is 41.5. The van der Waals surface area contributed by atoms with Gasteiger partial charge in [0.05, 0.1) is 12.1 Å². The van der Waals surface area contributed by atoms with Crippen molar-refractivity contribution in [1.29, 1.82) is 0 Å². The van der Waals surface area contributed by atoms with Crippen molar-refractivity contribution < 1.29 is 18.8 Å². The Hall–Kier alpha value is -3.22. The van der Waals surface area contributed by atoms with Crippen LogP contribution in [-0.2, 0) is 9.59 Å². The molecular formula is C22H22FN3O3. The molecule has 0 bridgehead atoms. The fraction of sp³-hybridized carbons (Fsp3) is 0.318. The highest BCUT2D eigenvalue weighted by Crippen LogP contribution is 2.34. The van der Waals surface area contributed by atoms with E-state index in [1.165, 1.54) is 24.3 Å². The summed E-state index contributed by atoms with van der Waals surface area (Å²) in [5.74, 6) is -1.22. The lowest BCUT2D eigenvalue weighted by molar-refractivity contribution is -0.124. The third kappa shape index (κ3) is 3.85. The van der Waals surface area contributed by atoms with Crippen LogP contribution in [0.15, 0.2) is 54.6 Å². The number of imide groups is 1. The highest BCUT2D eigenvalue weighted by Gasteiger charge is 2.49. The van der Waals surface area contributed by atoms with Crippen molar-refractivity contribution in [1.82, 2.24) is 4.90 Å². The topological polar surface area (TPSA) is 69.7 Å². The Morgan fingerprint density at radius 3 is 2.31 bits per heavy atom. The molecule has 0 spiro atoms. The maximum absolute atomic E-state index is 13.3. The molecule has 29 heavy (non-hydrogen) atoms. The molecule has 1 aliphatic heterocycles. The van der Waals surface area contributed by atoms with Gasteiger partial charge in [0, 0.05) is 11.7 Å². The molecule has 0 radical (unpaired) electrons. The summed E-state index contributed by atoms with van der Waals surface area (Å²) < 4.78 is 13.3. The molecule has 1 atom stereocenters. The zero-order valence-electron chi connectivity index (χ0n) is 15.9. The van der Waals surface area contributed by atoms with E-state index in [1.807, 2.05) is 6.07 Å². The van der Waals surface area contributed by atoms with Crippen molar-refractivity contribution in [2.24, 2.45) is 0 Å². The van der Waals surface area contributed by atoms with Gasteiger partial charge in [-0.3, -0.25) is 9.59 Å². The second-order valence-electron chi connectivity index (χ2n) is 7.41. The SMILES string of the molecule is O=C(CC1C(=O)N(c2ccc(F)cc2)C(=O)N1C1CCCC1)Nc1ccccc1. The number of hydrogen-bond donors (Lipinski definition) is 1. The van der Waals surface area contributed by atoms with E-state index in [2.05, 4.69) is 5.32 Å². The molecule has 1 N–H and O–H groups in total. The lowest BCUT2D eigenvalue weighted by Gasteiger charge is -2.27. The maximum Gasteiger partial charge on any atom is 0.332 e. The van der Waals surface area contributed by atoms with Crippen molar-refractivity contribution >= 4 is 29.2 Å². The van der Waals surface area contributed by atoms with E-state index in [9.17, 15) is 18.8 Å². The normalized spacial score (nSPS) is 19.8. The van der Waals surface area contributed by atoms with Gasteiger partial charge in [0.25, 0.3) is 5.91 Å². The summed E-state index contributed by atoms with van der Waals surface area (Å²) in [5.41, 5.74) is 0.951. The van der Waals surface area contributed by atoms with Crippen molar-refractivity contribution in [2.75, 3.05) is 10.2 Å². The zero-order chi connectivity index (χ0) is 20.4. The average molecular weight is 395 g/mol. The van der Waals surface area contributed by atoms with Crippen LogP contribution in [0.2, 0.25) is 0 Å². The van der Waals surface area contributed by atoms with Crippen molar-refractivity contribution in [3.8, 4) is 0 Å². The first-order chi connectivity index (χ1) is 14.0. The number of rotatable bonds is 5. The van der Waals surface area contributed by atoms with Gasteiger partial charge in [-0.2, -0.15) is 0 Å². The molecular weight excluding hydrogens is 373 g/mol. The van der Waals surface area contributed by atoms with Crippen LogP contribution in [0.25, 0.3) is 0 Å². The van der Waals surface area contributed by atoms with Crippen LogP contribution < -0.4 is 10.2 Å². The molecule has 1 saturated carbocycles. The summed E-state index contributed by atoms with van der Waals surface area (Å²) in [6, 6.07) is 12.9. The van der Waals surface area contributed by atoms with Crippen LogP contribution in [0, 0.1) is 5.82 Å². The molecule has 0 aromatic heterocycles. The molecule has 1 saturated heterocycles. The molecule has 2 aromatic rings. The summed E-state index contributed by atoms with van der Waals surface area (Å²) in [5, 5.41) is 2.78. The van der Waals surface area contributed by atoms with E-state index in [-0.39, 0.29) is 18.4 Å². The minimum atomic E-state index is -0.862. The van der Waals surface area contributed by atoms with E-state index in [0.29, 0.717) is 11.4 Å². The van der Waals surface area contributed by atoms with Crippen LogP contribution in [0.1, 0.15) is 32.1 Å². The molecule has 2 aromatic carbocycles. The quantitative estimate of drug-likeness (QED) is 0.780.